The Morgan fingerprint density at radius 3 is 2.57 bits per heavy atom. The number of anilines is 1. The highest BCUT2D eigenvalue weighted by molar-refractivity contribution is 5.41. The van der Waals surface area contributed by atoms with Crippen LogP contribution >= 0.6 is 0 Å². The van der Waals surface area contributed by atoms with E-state index in [4.69, 9.17) is 5.73 Å². The highest BCUT2D eigenvalue weighted by Gasteiger charge is 2.08. The molecular formula is C12H20N2. The molecule has 0 fully saturated rings. The van der Waals surface area contributed by atoms with Gasteiger partial charge in [-0.3, -0.25) is 0 Å². The largest absolute Gasteiger partial charge is 0.384 e. The summed E-state index contributed by atoms with van der Waals surface area (Å²) in [5, 5.41) is 0. The maximum Gasteiger partial charge on any atom is 0.123 e. The number of hydrogen-bond donors (Lipinski definition) is 1. The van der Waals surface area contributed by atoms with Crippen LogP contribution in [-0.2, 0) is 12.8 Å². The zero-order chi connectivity index (χ0) is 10.7. The molecule has 0 saturated carbocycles. The van der Waals surface area contributed by atoms with Gasteiger partial charge in [-0.05, 0) is 42.9 Å². The summed E-state index contributed by atoms with van der Waals surface area (Å²) >= 11 is 0. The predicted molar refractivity (Wildman–Crippen MR) is 61.3 cm³/mol. The first-order valence-corrected chi connectivity index (χ1v) is 5.29. The average molecular weight is 192 g/mol. The number of aryl methyl sites for hydroxylation is 2. The molecule has 0 atom stereocenters. The Bertz CT molecular complexity index is 316. The van der Waals surface area contributed by atoms with Crippen LogP contribution in [0.4, 0.5) is 5.82 Å². The van der Waals surface area contributed by atoms with Crippen molar-refractivity contribution in [2.45, 2.75) is 40.5 Å². The predicted octanol–water partition coefficient (Wildman–Crippen LogP) is 2.73. The van der Waals surface area contributed by atoms with E-state index in [1.807, 2.05) is 13.0 Å². The molecule has 2 nitrogen and oxygen atoms in total. The van der Waals surface area contributed by atoms with E-state index in [1.165, 1.54) is 11.1 Å². The van der Waals surface area contributed by atoms with Gasteiger partial charge in [0.1, 0.15) is 5.82 Å². The molecule has 0 spiro atoms. The third-order valence-electron chi connectivity index (χ3n) is 2.44. The number of nitrogen functional groups attached to an aromatic ring is 1. The molecule has 78 valence electrons. The van der Waals surface area contributed by atoms with E-state index >= 15 is 0 Å². The Labute approximate surface area is 86.5 Å². The van der Waals surface area contributed by atoms with Crippen LogP contribution in [0, 0.1) is 12.8 Å². The Morgan fingerprint density at radius 2 is 2.07 bits per heavy atom. The SMILES string of the molecule is CCc1cc(N)nc(C)c1CC(C)C. The summed E-state index contributed by atoms with van der Waals surface area (Å²) in [6.07, 6.45) is 2.14. The van der Waals surface area contributed by atoms with Crippen molar-refractivity contribution in [3.8, 4) is 0 Å². The fraction of sp³-hybridized carbons (Fsp3) is 0.583. The zero-order valence-corrected chi connectivity index (χ0v) is 9.59. The van der Waals surface area contributed by atoms with Gasteiger partial charge in [0.2, 0.25) is 0 Å². The van der Waals surface area contributed by atoms with Crippen molar-refractivity contribution >= 4 is 5.82 Å². The standard InChI is InChI=1S/C12H20N2/c1-5-10-7-12(13)14-9(4)11(10)6-8(2)3/h7-8H,5-6H2,1-4H3,(H2,13,14). The van der Waals surface area contributed by atoms with Gasteiger partial charge >= 0.3 is 0 Å². The van der Waals surface area contributed by atoms with E-state index in [0.29, 0.717) is 11.7 Å². The van der Waals surface area contributed by atoms with E-state index in [1.54, 1.807) is 0 Å². The second-order valence-electron chi connectivity index (χ2n) is 4.22. The fourth-order valence-corrected chi connectivity index (χ4v) is 1.79. The third kappa shape index (κ3) is 2.47. The van der Waals surface area contributed by atoms with E-state index in [2.05, 4.69) is 25.8 Å². The van der Waals surface area contributed by atoms with E-state index in [9.17, 15) is 0 Å². The first kappa shape index (κ1) is 11.0. The quantitative estimate of drug-likeness (QED) is 0.799. The molecule has 1 aromatic heterocycles. The molecule has 2 heteroatoms. The van der Waals surface area contributed by atoms with Gasteiger partial charge in [-0.25, -0.2) is 4.98 Å². The average Bonchev–Trinajstić information content (AvgIpc) is 2.08. The van der Waals surface area contributed by atoms with Crippen LogP contribution in [0.2, 0.25) is 0 Å². The lowest BCUT2D eigenvalue weighted by Crippen LogP contribution is -2.05. The highest BCUT2D eigenvalue weighted by atomic mass is 14.8. The summed E-state index contributed by atoms with van der Waals surface area (Å²) < 4.78 is 0. The third-order valence-corrected chi connectivity index (χ3v) is 2.44. The van der Waals surface area contributed by atoms with Crippen LogP contribution in [-0.4, -0.2) is 4.98 Å². The highest BCUT2D eigenvalue weighted by Crippen LogP contribution is 2.19. The number of hydrogen-bond acceptors (Lipinski definition) is 2. The first-order valence-electron chi connectivity index (χ1n) is 5.29. The summed E-state index contributed by atoms with van der Waals surface area (Å²) in [5.41, 5.74) is 9.55. The molecule has 0 aliphatic rings. The molecule has 0 unspecified atom stereocenters. The van der Waals surface area contributed by atoms with Gasteiger partial charge < -0.3 is 5.73 Å². The summed E-state index contributed by atoms with van der Waals surface area (Å²) in [5.74, 6) is 1.32. The number of rotatable bonds is 3. The molecular weight excluding hydrogens is 172 g/mol. The molecule has 0 amide bonds. The monoisotopic (exact) mass is 192 g/mol. The van der Waals surface area contributed by atoms with Crippen LogP contribution in [0.1, 0.15) is 37.6 Å². The fourth-order valence-electron chi connectivity index (χ4n) is 1.79. The van der Waals surface area contributed by atoms with E-state index in [0.717, 1.165) is 18.5 Å². The van der Waals surface area contributed by atoms with Crippen molar-refractivity contribution in [1.82, 2.24) is 4.98 Å². The molecule has 0 saturated heterocycles. The van der Waals surface area contributed by atoms with Gasteiger partial charge in [0, 0.05) is 5.69 Å². The van der Waals surface area contributed by atoms with Crippen LogP contribution < -0.4 is 5.73 Å². The van der Waals surface area contributed by atoms with Gasteiger partial charge in [0.25, 0.3) is 0 Å². The first-order chi connectivity index (χ1) is 6.54. The minimum Gasteiger partial charge on any atom is -0.384 e. The van der Waals surface area contributed by atoms with Crippen molar-refractivity contribution in [3.63, 3.8) is 0 Å². The molecule has 0 aliphatic heterocycles. The Morgan fingerprint density at radius 1 is 1.43 bits per heavy atom. The van der Waals surface area contributed by atoms with Crippen molar-refractivity contribution in [3.05, 3.63) is 22.9 Å². The van der Waals surface area contributed by atoms with Gasteiger partial charge in [-0.15, -0.1) is 0 Å². The molecule has 1 rings (SSSR count). The van der Waals surface area contributed by atoms with Crippen molar-refractivity contribution < 1.29 is 0 Å². The molecule has 1 heterocycles. The summed E-state index contributed by atoms with van der Waals surface area (Å²) in [6, 6.07) is 2.00. The van der Waals surface area contributed by atoms with Gasteiger partial charge in [0.05, 0.1) is 0 Å². The number of nitrogens with two attached hydrogens (primary N) is 1. The lowest BCUT2D eigenvalue weighted by molar-refractivity contribution is 0.638. The molecule has 0 aliphatic carbocycles. The summed E-state index contributed by atoms with van der Waals surface area (Å²) in [4.78, 5) is 4.31. The molecule has 2 N–H and O–H groups in total. The summed E-state index contributed by atoms with van der Waals surface area (Å²) in [7, 11) is 0. The zero-order valence-electron chi connectivity index (χ0n) is 9.59. The van der Waals surface area contributed by atoms with E-state index < -0.39 is 0 Å². The van der Waals surface area contributed by atoms with Gasteiger partial charge in [-0.1, -0.05) is 20.8 Å². The minimum atomic E-state index is 0.645. The van der Waals surface area contributed by atoms with Crippen molar-refractivity contribution in [2.75, 3.05) is 5.73 Å². The van der Waals surface area contributed by atoms with E-state index in [-0.39, 0.29) is 0 Å². The number of pyridine rings is 1. The van der Waals surface area contributed by atoms with Gasteiger partial charge in [-0.2, -0.15) is 0 Å². The van der Waals surface area contributed by atoms with Crippen LogP contribution in [0.3, 0.4) is 0 Å². The second kappa shape index (κ2) is 4.45. The maximum atomic E-state index is 5.72. The molecule has 0 radical (unpaired) electrons. The lowest BCUT2D eigenvalue weighted by Gasteiger charge is -2.13. The molecule has 14 heavy (non-hydrogen) atoms. The smallest absolute Gasteiger partial charge is 0.123 e. The second-order valence-corrected chi connectivity index (χ2v) is 4.22. The Kier molecular flexibility index (Phi) is 3.50. The van der Waals surface area contributed by atoms with Crippen molar-refractivity contribution in [1.29, 1.82) is 0 Å². The number of aromatic nitrogens is 1. The maximum absolute atomic E-state index is 5.72. The van der Waals surface area contributed by atoms with Crippen LogP contribution in [0.5, 0.6) is 0 Å². The summed E-state index contributed by atoms with van der Waals surface area (Å²) in [6.45, 7) is 8.68. The van der Waals surface area contributed by atoms with Crippen LogP contribution in [0.25, 0.3) is 0 Å². The van der Waals surface area contributed by atoms with Crippen molar-refractivity contribution in [2.24, 2.45) is 5.92 Å². The van der Waals surface area contributed by atoms with Crippen LogP contribution in [0.15, 0.2) is 6.07 Å². The minimum absolute atomic E-state index is 0.645. The molecule has 1 aromatic rings. The number of nitrogens with zero attached hydrogens (tertiary/aromatic N) is 1. The van der Waals surface area contributed by atoms with Gasteiger partial charge in [0.15, 0.2) is 0 Å². The lowest BCUT2D eigenvalue weighted by atomic mass is 9.96. The molecule has 0 bridgehead atoms. The Balaban J connectivity index is 3.11. The topological polar surface area (TPSA) is 38.9 Å². The Hall–Kier alpha value is -1.05. The normalized spacial score (nSPS) is 10.9. The molecule has 0 aromatic carbocycles.